The molecule has 1 N–H and O–H groups in total. The van der Waals surface area contributed by atoms with Gasteiger partial charge in [-0.2, -0.15) is 0 Å². The Bertz CT molecular complexity index is 1190. The fourth-order valence-corrected chi connectivity index (χ4v) is 3.96. The molecule has 29 heavy (non-hydrogen) atoms. The van der Waals surface area contributed by atoms with E-state index in [1.165, 1.54) is 0 Å². The summed E-state index contributed by atoms with van der Waals surface area (Å²) in [6, 6.07) is 22.8. The molecular weight excluding hydrogens is 450 g/mol. The normalized spacial score (nSPS) is 12.1. The van der Waals surface area contributed by atoms with Crippen molar-refractivity contribution < 1.29 is 4.79 Å². The highest BCUT2D eigenvalue weighted by atomic mass is 79.9. The van der Waals surface area contributed by atoms with Crippen LogP contribution in [0.1, 0.15) is 34.7 Å². The molecule has 1 unspecified atom stereocenters. The zero-order valence-corrected chi connectivity index (χ0v) is 18.1. The molecule has 0 bridgehead atoms. The number of para-hydroxylation sites is 2. The highest BCUT2D eigenvalue weighted by Gasteiger charge is 2.20. The minimum absolute atomic E-state index is 0.143. The molecule has 4 nitrogen and oxygen atoms in total. The molecule has 1 heterocycles. The maximum atomic E-state index is 12.7. The van der Waals surface area contributed by atoms with Gasteiger partial charge in [0.15, 0.2) is 0 Å². The van der Waals surface area contributed by atoms with Gasteiger partial charge in [-0.15, -0.1) is 0 Å². The Morgan fingerprint density at radius 3 is 2.66 bits per heavy atom. The Balaban J connectivity index is 1.69. The molecule has 0 aliphatic heterocycles. The number of nitrogens with zero attached hydrogens (tertiary/aromatic N) is 2. The largest absolute Gasteiger partial charge is 0.342 e. The van der Waals surface area contributed by atoms with Crippen LogP contribution in [0.25, 0.3) is 11.0 Å². The van der Waals surface area contributed by atoms with Crippen molar-refractivity contribution in [2.45, 2.75) is 19.5 Å². The first-order chi connectivity index (χ1) is 14.0. The van der Waals surface area contributed by atoms with E-state index in [2.05, 4.69) is 25.8 Å². The highest BCUT2D eigenvalue weighted by Crippen LogP contribution is 2.25. The lowest BCUT2D eigenvalue weighted by Crippen LogP contribution is -2.28. The van der Waals surface area contributed by atoms with Crippen LogP contribution >= 0.6 is 27.5 Å². The standard InChI is InChI=1S/C23H19BrClN3O/c1-15(26-23(29)16-8-6-9-18(24)13-16)22-27-20-11-4-5-12-21(20)28(22)14-17-7-2-3-10-19(17)25/h2-13,15H,14H2,1H3,(H,26,29). The monoisotopic (exact) mass is 467 g/mol. The number of rotatable bonds is 5. The van der Waals surface area contributed by atoms with Gasteiger partial charge in [-0.1, -0.05) is 63.9 Å². The van der Waals surface area contributed by atoms with E-state index in [1.807, 2.05) is 67.6 Å². The number of hydrogen-bond donors (Lipinski definition) is 1. The molecule has 1 atom stereocenters. The lowest BCUT2D eigenvalue weighted by molar-refractivity contribution is 0.0937. The molecule has 4 rings (SSSR count). The van der Waals surface area contributed by atoms with Gasteiger partial charge in [0, 0.05) is 15.1 Å². The predicted octanol–water partition coefficient (Wildman–Crippen LogP) is 5.99. The Kier molecular flexibility index (Phi) is 5.69. The molecule has 0 fully saturated rings. The zero-order valence-electron chi connectivity index (χ0n) is 15.8. The molecule has 6 heteroatoms. The number of nitrogens with one attached hydrogen (secondary N) is 1. The van der Waals surface area contributed by atoms with Gasteiger partial charge < -0.3 is 9.88 Å². The highest BCUT2D eigenvalue weighted by molar-refractivity contribution is 9.10. The third-order valence-corrected chi connectivity index (χ3v) is 5.65. The topological polar surface area (TPSA) is 46.9 Å². The molecule has 0 spiro atoms. The second-order valence-electron chi connectivity index (χ2n) is 6.84. The average Bonchev–Trinajstić information content (AvgIpc) is 3.08. The van der Waals surface area contributed by atoms with Crippen LogP contribution < -0.4 is 5.32 Å². The Hall–Kier alpha value is -2.63. The van der Waals surface area contributed by atoms with Crippen LogP contribution in [-0.4, -0.2) is 15.5 Å². The van der Waals surface area contributed by atoms with Gasteiger partial charge in [0.2, 0.25) is 0 Å². The fraction of sp³-hybridized carbons (Fsp3) is 0.130. The second kappa shape index (κ2) is 8.39. The zero-order chi connectivity index (χ0) is 20.4. The summed E-state index contributed by atoms with van der Waals surface area (Å²) in [7, 11) is 0. The van der Waals surface area contributed by atoms with Crippen molar-refractivity contribution in [3.63, 3.8) is 0 Å². The molecular formula is C23H19BrClN3O. The van der Waals surface area contributed by atoms with E-state index in [4.69, 9.17) is 16.6 Å². The van der Waals surface area contributed by atoms with E-state index in [-0.39, 0.29) is 11.9 Å². The average molecular weight is 469 g/mol. The van der Waals surface area contributed by atoms with Crippen LogP contribution in [0.3, 0.4) is 0 Å². The predicted molar refractivity (Wildman–Crippen MR) is 120 cm³/mol. The van der Waals surface area contributed by atoms with Crippen molar-refractivity contribution in [2.75, 3.05) is 0 Å². The maximum absolute atomic E-state index is 12.7. The molecule has 0 saturated heterocycles. The number of halogens is 2. The van der Waals surface area contributed by atoms with E-state index >= 15 is 0 Å². The first-order valence-electron chi connectivity index (χ1n) is 9.28. The second-order valence-corrected chi connectivity index (χ2v) is 8.16. The summed E-state index contributed by atoms with van der Waals surface area (Å²) in [5.74, 6) is 0.643. The molecule has 0 aliphatic rings. The van der Waals surface area contributed by atoms with Crippen molar-refractivity contribution in [1.29, 1.82) is 0 Å². The first kappa shape index (κ1) is 19.7. The summed E-state index contributed by atoms with van der Waals surface area (Å²) in [5.41, 5.74) is 3.49. The van der Waals surface area contributed by atoms with Gasteiger partial charge in [0.25, 0.3) is 5.91 Å². The lowest BCUT2D eigenvalue weighted by atomic mass is 10.2. The van der Waals surface area contributed by atoms with Crippen LogP contribution in [0.5, 0.6) is 0 Å². The van der Waals surface area contributed by atoms with Crippen molar-refractivity contribution in [1.82, 2.24) is 14.9 Å². The van der Waals surface area contributed by atoms with Crippen LogP contribution in [0, 0.1) is 0 Å². The lowest BCUT2D eigenvalue weighted by Gasteiger charge is -2.17. The maximum Gasteiger partial charge on any atom is 0.251 e. The van der Waals surface area contributed by atoms with Gasteiger partial charge in [0.05, 0.1) is 23.6 Å². The molecule has 0 aliphatic carbocycles. The van der Waals surface area contributed by atoms with E-state index in [1.54, 1.807) is 12.1 Å². The van der Waals surface area contributed by atoms with Gasteiger partial charge >= 0.3 is 0 Å². The molecule has 0 saturated carbocycles. The van der Waals surface area contributed by atoms with Crippen LogP contribution in [0.4, 0.5) is 0 Å². The van der Waals surface area contributed by atoms with Crippen molar-refractivity contribution in [3.05, 3.63) is 99.2 Å². The summed E-state index contributed by atoms with van der Waals surface area (Å²) < 4.78 is 2.98. The number of carbonyl (C=O) groups excluding carboxylic acids is 1. The number of amides is 1. The van der Waals surface area contributed by atoms with E-state index in [0.717, 1.165) is 26.9 Å². The molecule has 4 aromatic rings. The number of imidazole rings is 1. The van der Waals surface area contributed by atoms with Gasteiger partial charge in [0.1, 0.15) is 5.82 Å². The smallest absolute Gasteiger partial charge is 0.251 e. The molecule has 3 aromatic carbocycles. The third-order valence-electron chi connectivity index (χ3n) is 4.79. The molecule has 1 aromatic heterocycles. The number of fused-ring (bicyclic) bond motifs is 1. The van der Waals surface area contributed by atoms with Crippen LogP contribution in [0.2, 0.25) is 5.02 Å². The Labute approximate surface area is 182 Å². The Morgan fingerprint density at radius 1 is 1.10 bits per heavy atom. The van der Waals surface area contributed by atoms with E-state index in [9.17, 15) is 4.79 Å². The summed E-state index contributed by atoms with van der Waals surface area (Å²) in [4.78, 5) is 17.5. The Morgan fingerprint density at radius 2 is 1.86 bits per heavy atom. The molecule has 1 amide bonds. The SMILES string of the molecule is CC(NC(=O)c1cccc(Br)c1)c1nc2ccccc2n1Cc1ccccc1Cl. The third kappa shape index (κ3) is 4.21. The van der Waals surface area contributed by atoms with Crippen LogP contribution in [-0.2, 0) is 6.54 Å². The molecule has 146 valence electrons. The van der Waals surface area contributed by atoms with Gasteiger partial charge in [-0.3, -0.25) is 4.79 Å². The number of benzene rings is 3. The number of aromatic nitrogens is 2. The summed E-state index contributed by atoms with van der Waals surface area (Å²) in [6.07, 6.45) is 0. The number of carbonyl (C=O) groups is 1. The summed E-state index contributed by atoms with van der Waals surface area (Å²) in [6.45, 7) is 2.52. The summed E-state index contributed by atoms with van der Waals surface area (Å²) in [5, 5.41) is 3.78. The minimum atomic E-state index is -0.281. The summed E-state index contributed by atoms with van der Waals surface area (Å²) >= 11 is 9.81. The van der Waals surface area contributed by atoms with Crippen molar-refractivity contribution in [2.24, 2.45) is 0 Å². The minimum Gasteiger partial charge on any atom is -0.342 e. The van der Waals surface area contributed by atoms with Gasteiger partial charge in [-0.25, -0.2) is 4.98 Å². The number of hydrogen-bond acceptors (Lipinski definition) is 2. The van der Waals surface area contributed by atoms with Gasteiger partial charge in [-0.05, 0) is 48.9 Å². The fourth-order valence-electron chi connectivity index (χ4n) is 3.36. The van der Waals surface area contributed by atoms with Crippen molar-refractivity contribution >= 4 is 44.5 Å². The quantitative estimate of drug-likeness (QED) is 0.391. The van der Waals surface area contributed by atoms with Crippen LogP contribution in [0.15, 0.2) is 77.3 Å². The van der Waals surface area contributed by atoms with E-state index in [0.29, 0.717) is 17.1 Å². The van der Waals surface area contributed by atoms with Crippen molar-refractivity contribution in [3.8, 4) is 0 Å². The van der Waals surface area contributed by atoms with E-state index < -0.39 is 0 Å². The first-order valence-corrected chi connectivity index (χ1v) is 10.4. The molecule has 0 radical (unpaired) electrons.